The van der Waals surface area contributed by atoms with Crippen LogP contribution in [0.3, 0.4) is 0 Å². The zero-order valence-corrected chi connectivity index (χ0v) is 19.6. The van der Waals surface area contributed by atoms with Crippen molar-refractivity contribution >= 4 is 29.1 Å². The summed E-state index contributed by atoms with van der Waals surface area (Å²) >= 11 is 6.20. The van der Waals surface area contributed by atoms with E-state index in [2.05, 4.69) is 4.90 Å². The van der Waals surface area contributed by atoms with Crippen LogP contribution in [0.25, 0.3) is 5.76 Å². The van der Waals surface area contributed by atoms with E-state index in [0.717, 1.165) is 13.1 Å². The van der Waals surface area contributed by atoms with E-state index < -0.39 is 29.3 Å². The standard InChI is InChI=1S/C25H26ClFN2O5/c1-33-20-8-7-16(15-18(20)26)23(30)21-22(17-5-2-3-6-19(17)27)29(25(32)24(21)31)10-4-9-28-11-13-34-14-12-28/h2-3,5-8,15,22,30H,4,9-14H2,1H3/b23-21-. The Hall–Kier alpha value is -2.94. The highest BCUT2D eigenvalue weighted by Crippen LogP contribution is 2.41. The van der Waals surface area contributed by atoms with E-state index in [4.69, 9.17) is 21.1 Å². The molecule has 1 atom stereocenters. The first-order valence-corrected chi connectivity index (χ1v) is 11.5. The Labute approximate surface area is 202 Å². The number of halogens is 2. The molecule has 0 aromatic heterocycles. The first-order valence-electron chi connectivity index (χ1n) is 11.1. The predicted molar refractivity (Wildman–Crippen MR) is 125 cm³/mol. The van der Waals surface area contributed by atoms with E-state index in [1.807, 2.05) is 0 Å². The SMILES string of the molecule is COc1ccc(/C(O)=C2/C(=O)C(=O)N(CCCN3CCOCC3)C2c2ccccc2F)cc1Cl. The molecular weight excluding hydrogens is 463 g/mol. The van der Waals surface area contributed by atoms with Gasteiger partial charge in [-0.05, 0) is 30.7 Å². The summed E-state index contributed by atoms with van der Waals surface area (Å²) in [7, 11) is 1.46. The first kappa shape index (κ1) is 24.2. The van der Waals surface area contributed by atoms with Crippen molar-refractivity contribution in [1.29, 1.82) is 0 Å². The molecule has 7 nitrogen and oxygen atoms in total. The molecule has 2 saturated heterocycles. The van der Waals surface area contributed by atoms with Crippen molar-refractivity contribution in [2.75, 3.05) is 46.5 Å². The Morgan fingerprint density at radius 3 is 2.59 bits per heavy atom. The van der Waals surface area contributed by atoms with Crippen molar-refractivity contribution in [3.05, 3.63) is 70.0 Å². The van der Waals surface area contributed by atoms with Gasteiger partial charge in [-0.1, -0.05) is 29.8 Å². The summed E-state index contributed by atoms with van der Waals surface area (Å²) in [5.41, 5.74) is 0.218. The lowest BCUT2D eigenvalue weighted by atomic mass is 9.95. The van der Waals surface area contributed by atoms with Crippen LogP contribution in [-0.4, -0.2) is 73.1 Å². The Balaban J connectivity index is 1.70. The normalized spacial score (nSPS) is 20.7. The van der Waals surface area contributed by atoms with E-state index in [1.54, 1.807) is 12.1 Å². The molecule has 2 aromatic rings. The third kappa shape index (κ3) is 4.80. The third-order valence-electron chi connectivity index (χ3n) is 6.14. The molecule has 1 N–H and O–H groups in total. The zero-order valence-electron chi connectivity index (χ0n) is 18.8. The molecule has 2 aliphatic heterocycles. The summed E-state index contributed by atoms with van der Waals surface area (Å²) in [5, 5.41) is 11.3. The minimum atomic E-state index is -1.05. The third-order valence-corrected chi connectivity index (χ3v) is 6.44. The highest BCUT2D eigenvalue weighted by atomic mass is 35.5. The fourth-order valence-electron chi connectivity index (χ4n) is 4.39. The average Bonchev–Trinajstić information content (AvgIpc) is 3.09. The van der Waals surface area contributed by atoms with E-state index >= 15 is 0 Å². The van der Waals surface area contributed by atoms with Gasteiger partial charge >= 0.3 is 0 Å². The number of likely N-dealkylation sites (tertiary alicyclic amines) is 1. The van der Waals surface area contributed by atoms with Crippen LogP contribution < -0.4 is 4.74 Å². The maximum absolute atomic E-state index is 14.9. The first-order chi connectivity index (χ1) is 16.4. The van der Waals surface area contributed by atoms with Crippen LogP contribution in [0.5, 0.6) is 5.75 Å². The predicted octanol–water partition coefficient (Wildman–Crippen LogP) is 3.63. The molecule has 34 heavy (non-hydrogen) atoms. The van der Waals surface area contributed by atoms with Crippen LogP contribution in [0.15, 0.2) is 48.0 Å². The quantitative estimate of drug-likeness (QED) is 0.364. The van der Waals surface area contributed by atoms with Gasteiger partial charge in [-0.25, -0.2) is 4.39 Å². The van der Waals surface area contributed by atoms with Gasteiger partial charge in [-0.2, -0.15) is 0 Å². The fraction of sp³-hybridized carbons (Fsp3) is 0.360. The molecule has 2 aliphatic rings. The van der Waals surface area contributed by atoms with Crippen LogP contribution in [0.4, 0.5) is 4.39 Å². The second-order valence-corrected chi connectivity index (χ2v) is 8.58. The molecule has 2 fully saturated rings. The van der Waals surface area contributed by atoms with Gasteiger partial charge in [0.1, 0.15) is 17.3 Å². The van der Waals surface area contributed by atoms with Gasteiger partial charge in [-0.3, -0.25) is 14.5 Å². The highest BCUT2D eigenvalue weighted by Gasteiger charge is 2.46. The number of carbonyl (C=O) groups excluding carboxylic acids is 2. The number of Topliss-reactive ketones (excluding diaryl/α,β-unsaturated/α-hetero) is 1. The van der Waals surface area contributed by atoms with Crippen LogP contribution in [0.2, 0.25) is 5.02 Å². The number of hydrogen-bond acceptors (Lipinski definition) is 6. The van der Waals surface area contributed by atoms with Gasteiger partial charge in [0.15, 0.2) is 0 Å². The molecule has 1 unspecified atom stereocenters. The Morgan fingerprint density at radius 1 is 1.18 bits per heavy atom. The van der Waals surface area contributed by atoms with Crippen molar-refractivity contribution < 1.29 is 28.6 Å². The van der Waals surface area contributed by atoms with E-state index in [0.29, 0.717) is 31.9 Å². The maximum Gasteiger partial charge on any atom is 0.295 e. The molecule has 0 aliphatic carbocycles. The van der Waals surface area contributed by atoms with Gasteiger partial charge in [0.2, 0.25) is 0 Å². The summed E-state index contributed by atoms with van der Waals surface area (Å²) in [4.78, 5) is 29.7. The van der Waals surface area contributed by atoms with Crippen LogP contribution in [0.1, 0.15) is 23.6 Å². The minimum Gasteiger partial charge on any atom is -0.507 e. The summed E-state index contributed by atoms with van der Waals surface area (Å²) in [6, 6.07) is 9.44. The molecule has 4 rings (SSSR count). The van der Waals surface area contributed by atoms with Gasteiger partial charge in [0, 0.05) is 37.3 Å². The van der Waals surface area contributed by atoms with Crippen molar-refractivity contribution in [2.45, 2.75) is 12.5 Å². The number of aliphatic hydroxyl groups is 1. The topological polar surface area (TPSA) is 79.3 Å². The number of morpholine rings is 1. The van der Waals surface area contributed by atoms with Crippen molar-refractivity contribution in [3.8, 4) is 5.75 Å². The number of hydrogen-bond donors (Lipinski definition) is 1. The smallest absolute Gasteiger partial charge is 0.295 e. The van der Waals surface area contributed by atoms with Crippen molar-refractivity contribution in [2.24, 2.45) is 0 Å². The monoisotopic (exact) mass is 488 g/mol. The molecule has 2 aromatic carbocycles. The molecule has 0 saturated carbocycles. The van der Waals surface area contributed by atoms with Gasteiger partial charge in [-0.15, -0.1) is 0 Å². The summed E-state index contributed by atoms with van der Waals surface area (Å²) < 4.78 is 25.4. The van der Waals surface area contributed by atoms with Gasteiger partial charge in [0.25, 0.3) is 11.7 Å². The van der Waals surface area contributed by atoms with Crippen LogP contribution in [0, 0.1) is 5.82 Å². The zero-order chi connectivity index (χ0) is 24.2. The molecule has 0 spiro atoms. The molecule has 9 heteroatoms. The summed E-state index contributed by atoms with van der Waals surface area (Å²) in [5.74, 6) is -2.20. The number of aliphatic hydroxyl groups excluding tert-OH is 1. The number of nitrogens with zero attached hydrogens (tertiary/aromatic N) is 2. The van der Waals surface area contributed by atoms with Gasteiger partial charge in [0.05, 0.1) is 37.0 Å². The molecule has 180 valence electrons. The second-order valence-electron chi connectivity index (χ2n) is 8.17. The van der Waals surface area contributed by atoms with Gasteiger partial charge < -0.3 is 19.5 Å². The number of carbonyl (C=O) groups is 2. The second kappa shape index (κ2) is 10.5. The summed E-state index contributed by atoms with van der Waals surface area (Å²) in [6.07, 6.45) is 0.590. The number of amides is 1. The largest absolute Gasteiger partial charge is 0.507 e. The average molecular weight is 489 g/mol. The van der Waals surface area contributed by atoms with Crippen molar-refractivity contribution in [1.82, 2.24) is 9.80 Å². The van der Waals surface area contributed by atoms with E-state index in [9.17, 15) is 19.1 Å². The fourth-order valence-corrected chi connectivity index (χ4v) is 4.65. The van der Waals surface area contributed by atoms with E-state index in [1.165, 1.54) is 42.3 Å². The lowest BCUT2D eigenvalue weighted by Crippen LogP contribution is -2.39. The van der Waals surface area contributed by atoms with E-state index in [-0.39, 0.29) is 28.3 Å². The number of ether oxygens (including phenoxy) is 2. The molecule has 0 radical (unpaired) electrons. The molecule has 2 heterocycles. The number of rotatable bonds is 7. The van der Waals surface area contributed by atoms with Crippen molar-refractivity contribution in [3.63, 3.8) is 0 Å². The maximum atomic E-state index is 14.9. The van der Waals surface area contributed by atoms with Crippen LogP contribution in [-0.2, 0) is 14.3 Å². The Bertz CT molecular complexity index is 1120. The summed E-state index contributed by atoms with van der Waals surface area (Å²) in [6.45, 7) is 3.86. The number of benzene rings is 2. The Morgan fingerprint density at radius 2 is 1.91 bits per heavy atom. The molecular formula is C25H26ClFN2O5. The number of ketones is 1. The lowest BCUT2D eigenvalue weighted by molar-refractivity contribution is -0.140. The minimum absolute atomic E-state index is 0.147. The lowest BCUT2D eigenvalue weighted by Gasteiger charge is -2.29. The molecule has 1 amide bonds. The molecule has 0 bridgehead atoms. The number of methoxy groups -OCH3 is 1. The highest BCUT2D eigenvalue weighted by molar-refractivity contribution is 6.46. The van der Waals surface area contributed by atoms with Crippen LogP contribution >= 0.6 is 11.6 Å². The Kier molecular flexibility index (Phi) is 7.50.